The van der Waals surface area contributed by atoms with E-state index in [9.17, 15) is 9.59 Å². The van der Waals surface area contributed by atoms with Crippen molar-refractivity contribution in [3.05, 3.63) is 23.8 Å². The average molecular weight is 261 g/mol. The lowest BCUT2D eigenvalue weighted by Crippen LogP contribution is -2.50. The van der Waals surface area contributed by atoms with Crippen LogP contribution in [0.15, 0.2) is 18.2 Å². The molecule has 2 N–H and O–H groups in total. The lowest BCUT2D eigenvalue weighted by molar-refractivity contribution is -0.123. The molecule has 0 aromatic heterocycles. The molecule has 0 saturated carbocycles. The van der Waals surface area contributed by atoms with Crippen molar-refractivity contribution in [2.24, 2.45) is 0 Å². The van der Waals surface area contributed by atoms with E-state index in [1.165, 1.54) is 0 Å². The van der Waals surface area contributed by atoms with Crippen LogP contribution in [0.1, 0.15) is 10.4 Å². The summed E-state index contributed by atoms with van der Waals surface area (Å²) in [6.45, 7) is 2.41. The topological polar surface area (TPSA) is 70.7 Å². The number of para-hydroxylation sites is 1. The van der Waals surface area contributed by atoms with Gasteiger partial charge in [0.05, 0.1) is 17.8 Å². The molecule has 0 unspecified atom stereocenters. The molecule has 19 heavy (non-hydrogen) atoms. The molecule has 1 aromatic carbocycles. The zero-order valence-corrected chi connectivity index (χ0v) is 10.4. The predicted molar refractivity (Wildman–Crippen MR) is 69.3 cm³/mol. The normalized spacial score (nSPS) is 17.9. The van der Waals surface area contributed by atoms with Crippen LogP contribution in [0.5, 0.6) is 5.75 Å². The second kappa shape index (κ2) is 4.79. The summed E-state index contributed by atoms with van der Waals surface area (Å²) in [5.74, 6) is 0.309. The smallest absolute Gasteiger partial charge is 0.258 e. The summed E-state index contributed by atoms with van der Waals surface area (Å²) in [5, 5.41) is 5.90. The summed E-state index contributed by atoms with van der Waals surface area (Å²) >= 11 is 0. The molecule has 0 radical (unpaired) electrons. The number of benzene rings is 1. The molecular weight excluding hydrogens is 246 g/mol. The monoisotopic (exact) mass is 261 g/mol. The van der Waals surface area contributed by atoms with E-state index in [0.29, 0.717) is 31.0 Å². The van der Waals surface area contributed by atoms with Gasteiger partial charge in [-0.25, -0.2) is 0 Å². The quantitative estimate of drug-likeness (QED) is 0.750. The van der Waals surface area contributed by atoms with Gasteiger partial charge in [-0.15, -0.1) is 0 Å². The van der Waals surface area contributed by atoms with Crippen LogP contribution in [0.25, 0.3) is 0 Å². The number of nitrogens with zero attached hydrogens (tertiary/aromatic N) is 1. The van der Waals surface area contributed by atoms with Gasteiger partial charge in [-0.3, -0.25) is 9.59 Å². The lowest BCUT2D eigenvalue weighted by Gasteiger charge is -2.28. The molecule has 0 bridgehead atoms. The van der Waals surface area contributed by atoms with E-state index < -0.39 is 0 Å². The number of anilines is 1. The zero-order valence-electron chi connectivity index (χ0n) is 10.4. The number of hydrogen-bond donors (Lipinski definition) is 2. The van der Waals surface area contributed by atoms with Crippen molar-refractivity contribution < 1.29 is 14.3 Å². The molecule has 0 spiro atoms. The number of ether oxygens (including phenoxy) is 1. The standard InChI is InChI=1S/C13H15N3O3/c17-11-8-16(6-4-15-11)13(18)9-2-1-3-10-12(9)19-7-5-14-10/h1-3,14H,4-8H2,(H,15,17). The minimum Gasteiger partial charge on any atom is -0.489 e. The highest BCUT2D eigenvalue weighted by Gasteiger charge is 2.26. The van der Waals surface area contributed by atoms with Crippen molar-refractivity contribution in [1.29, 1.82) is 0 Å². The molecule has 2 heterocycles. The summed E-state index contributed by atoms with van der Waals surface area (Å²) in [6, 6.07) is 5.44. The number of piperazine rings is 1. The van der Waals surface area contributed by atoms with Crippen molar-refractivity contribution >= 4 is 17.5 Å². The number of carbonyl (C=O) groups is 2. The first kappa shape index (κ1) is 11.8. The van der Waals surface area contributed by atoms with Crippen molar-refractivity contribution in [2.45, 2.75) is 0 Å². The Morgan fingerprint density at radius 3 is 3.00 bits per heavy atom. The molecule has 100 valence electrons. The number of amides is 2. The van der Waals surface area contributed by atoms with Gasteiger partial charge in [-0.05, 0) is 12.1 Å². The van der Waals surface area contributed by atoms with Gasteiger partial charge in [0, 0.05) is 19.6 Å². The first-order valence-corrected chi connectivity index (χ1v) is 6.31. The van der Waals surface area contributed by atoms with Crippen LogP contribution in [0, 0.1) is 0 Å². The maximum absolute atomic E-state index is 12.5. The Bertz CT molecular complexity index is 530. The van der Waals surface area contributed by atoms with Crippen LogP contribution < -0.4 is 15.4 Å². The molecule has 3 rings (SSSR count). The van der Waals surface area contributed by atoms with E-state index in [-0.39, 0.29) is 18.4 Å². The summed E-state index contributed by atoms with van der Waals surface area (Å²) < 4.78 is 5.58. The van der Waals surface area contributed by atoms with Crippen LogP contribution in [-0.4, -0.2) is 49.5 Å². The number of hydrogen-bond acceptors (Lipinski definition) is 4. The molecular formula is C13H15N3O3. The van der Waals surface area contributed by atoms with Gasteiger partial charge < -0.3 is 20.3 Å². The molecule has 6 nitrogen and oxygen atoms in total. The molecule has 2 aliphatic rings. The van der Waals surface area contributed by atoms with E-state index in [1.807, 2.05) is 12.1 Å². The largest absolute Gasteiger partial charge is 0.489 e. The summed E-state index contributed by atoms with van der Waals surface area (Å²) in [5.41, 5.74) is 1.35. The second-order valence-electron chi connectivity index (χ2n) is 4.53. The van der Waals surface area contributed by atoms with E-state index in [2.05, 4.69) is 10.6 Å². The maximum Gasteiger partial charge on any atom is 0.258 e. The molecule has 0 aliphatic carbocycles. The molecule has 1 aromatic rings. The Morgan fingerprint density at radius 2 is 2.16 bits per heavy atom. The Labute approximate surface area is 110 Å². The van der Waals surface area contributed by atoms with Crippen molar-refractivity contribution in [3.63, 3.8) is 0 Å². The van der Waals surface area contributed by atoms with Crippen LogP contribution in [0.2, 0.25) is 0 Å². The summed E-state index contributed by atoms with van der Waals surface area (Å²) in [4.78, 5) is 25.4. The third-order valence-corrected chi connectivity index (χ3v) is 3.23. The molecule has 2 aliphatic heterocycles. The van der Waals surface area contributed by atoms with E-state index in [1.54, 1.807) is 11.0 Å². The fourth-order valence-corrected chi connectivity index (χ4v) is 2.32. The van der Waals surface area contributed by atoms with Gasteiger partial charge in [-0.1, -0.05) is 6.07 Å². The Hall–Kier alpha value is -2.24. The van der Waals surface area contributed by atoms with Gasteiger partial charge in [0.15, 0.2) is 5.75 Å². The molecule has 6 heteroatoms. The third-order valence-electron chi connectivity index (χ3n) is 3.23. The van der Waals surface area contributed by atoms with Gasteiger partial charge >= 0.3 is 0 Å². The van der Waals surface area contributed by atoms with Gasteiger partial charge in [0.1, 0.15) is 6.61 Å². The van der Waals surface area contributed by atoms with Crippen molar-refractivity contribution in [2.75, 3.05) is 38.1 Å². The molecule has 0 atom stereocenters. The molecule has 1 fully saturated rings. The first-order valence-electron chi connectivity index (χ1n) is 6.31. The summed E-state index contributed by atoms with van der Waals surface area (Å²) in [6.07, 6.45) is 0. The fourth-order valence-electron chi connectivity index (χ4n) is 2.32. The van der Waals surface area contributed by atoms with Gasteiger partial charge in [-0.2, -0.15) is 0 Å². The molecule has 2 amide bonds. The number of carbonyl (C=O) groups excluding carboxylic acids is 2. The minimum atomic E-state index is -0.157. The Morgan fingerprint density at radius 1 is 1.26 bits per heavy atom. The van der Waals surface area contributed by atoms with Crippen LogP contribution in [-0.2, 0) is 4.79 Å². The first-order chi connectivity index (χ1) is 9.25. The maximum atomic E-state index is 12.5. The number of rotatable bonds is 1. The fraction of sp³-hybridized carbons (Fsp3) is 0.385. The van der Waals surface area contributed by atoms with E-state index in [4.69, 9.17) is 4.74 Å². The highest BCUT2D eigenvalue weighted by molar-refractivity contribution is 6.00. The predicted octanol–water partition coefficient (Wildman–Crippen LogP) is 0.0629. The van der Waals surface area contributed by atoms with Crippen molar-refractivity contribution in [1.82, 2.24) is 10.2 Å². The number of nitrogens with one attached hydrogen (secondary N) is 2. The average Bonchev–Trinajstić information content (AvgIpc) is 2.46. The highest BCUT2D eigenvalue weighted by Crippen LogP contribution is 2.32. The molecule has 1 saturated heterocycles. The van der Waals surface area contributed by atoms with Crippen LogP contribution >= 0.6 is 0 Å². The van der Waals surface area contributed by atoms with Gasteiger partial charge in [0.2, 0.25) is 5.91 Å². The Kier molecular flexibility index (Phi) is 2.98. The third kappa shape index (κ3) is 2.21. The second-order valence-corrected chi connectivity index (χ2v) is 4.53. The minimum absolute atomic E-state index is 0.107. The summed E-state index contributed by atoms with van der Waals surface area (Å²) in [7, 11) is 0. The zero-order chi connectivity index (χ0) is 13.2. The SMILES string of the molecule is O=C1CN(C(=O)c2cccc3c2OCCN3)CCN1. The highest BCUT2D eigenvalue weighted by atomic mass is 16.5. The van der Waals surface area contributed by atoms with E-state index in [0.717, 1.165) is 12.2 Å². The van der Waals surface area contributed by atoms with Crippen LogP contribution in [0.4, 0.5) is 5.69 Å². The Balaban J connectivity index is 1.89. The van der Waals surface area contributed by atoms with Crippen LogP contribution in [0.3, 0.4) is 0 Å². The lowest BCUT2D eigenvalue weighted by atomic mass is 10.1. The number of fused-ring (bicyclic) bond motifs is 1. The van der Waals surface area contributed by atoms with Gasteiger partial charge in [0.25, 0.3) is 5.91 Å². The van der Waals surface area contributed by atoms with E-state index >= 15 is 0 Å². The van der Waals surface area contributed by atoms with Crippen molar-refractivity contribution in [3.8, 4) is 5.75 Å².